The number of sulfonamides is 1. The first-order valence-electron chi connectivity index (χ1n) is 29.6. The van der Waals surface area contributed by atoms with Crippen LogP contribution in [0.1, 0.15) is 102 Å². The molecule has 9 N–H and O–H groups in total. The molecular formula is C58H74N13O13S2+. The fourth-order valence-electron chi connectivity index (χ4n) is 13.3. The van der Waals surface area contributed by atoms with Crippen molar-refractivity contribution in [1.29, 1.82) is 0 Å². The van der Waals surface area contributed by atoms with Crippen LogP contribution in [0.3, 0.4) is 0 Å². The summed E-state index contributed by atoms with van der Waals surface area (Å²) in [6, 6.07) is 7.34. The van der Waals surface area contributed by atoms with Crippen LogP contribution >= 0.6 is 0 Å². The Morgan fingerprint density at radius 3 is 2.44 bits per heavy atom. The van der Waals surface area contributed by atoms with E-state index in [1.54, 1.807) is 27.8 Å². The molecule has 5 atom stereocenters. The molecule has 460 valence electrons. The quantitative estimate of drug-likeness (QED) is 0.0242. The van der Waals surface area contributed by atoms with Gasteiger partial charge in [-0.1, -0.05) is 17.3 Å². The van der Waals surface area contributed by atoms with Gasteiger partial charge in [-0.05, 0) is 87.1 Å². The minimum Gasteiger partial charge on any atom is -0.480 e. The normalized spacial score (nSPS) is 19.7. The van der Waals surface area contributed by atoms with Gasteiger partial charge in [0.15, 0.2) is 17.7 Å². The Morgan fingerprint density at radius 1 is 0.884 bits per heavy atom. The van der Waals surface area contributed by atoms with Gasteiger partial charge < -0.3 is 55.6 Å². The van der Waals surface area contributed by atoms with E-state index in [-0.39, 0.29) is 86.6 Å². The average Bonchev–Trinajstić information content (AvgIpc) is 1.17. The highest BCUT2D eigenvalue weighted by atomic mass is 32.2. The summed E-state index contributed by atoms with van der Waals surface area (Å²) in [5.74, 6) is -0.0496. The Labute approximate surface area is 497 Å². The standard InChI is InChI=1S/C58H73N13O13S2/c59-38(12-13-45(60)58(72)73)28-40-29-46(57(83-40)70-34-64-50-55(61)62-33-63-56(50)70)82-31-39-30-65-67-71(39)19-21-80-23-25-81-24-22-79-20-14-66-85(74,75)32-37-6-1-11-47(86(76,77)78)48(37)49-43-26-35-7-2-15-68-17-4-9-41(51(35)68)53(43)84-54-42-10-5-18-69-16-3-8-36(52(42)69)27-44(49)54/h1,6,11,26-27,30,33-34,38,40,45-46,57,66H,2-5,7-10,12-25,28-29,31-32,59-60H2,(H3-,61,62,63,72,73,76,77,78)/p+1. The van der Waals surface area contributed by atoms with E-state index >= 15 is 0 Å². The summed E-state index contributed by atoms with van der Waals surface area (Å²) >= 11 is 0. The molecule has 1 saturated heterocycles. The highest BCUT2D eigenvalue weighted by Crippen LogP contribution is 2.50. The van der Waals surface area contributed by atoms with Crippen molar-refractivity contribution in [1.82, 2.24) is 43.8 Å². The third kappa shape index (κ3) is 12.6. The fraction of sp³-hybridized carbons (Fsp3) is 0.534. The van der Waals surface area contributed by atoms with Gasteiger partial charge in [0, 0.05) is 83.7 Å². The van der Waals surface area contributed by atoms with Crippen molar-refractivity contribution in [3.8, 4) is 11.5 Å². The number of nitrogens with zero attached hydrogens (tertiary/aromatic N) is 9. The molecule has 6 aliphatic rings. The number of aliphatic carboxylic acids is 1. The molecule has 9 heterocycles. The molecule has 0 amide bonds. The van der Waals surface area contributed by atoms with Crippen LogP contribution in [0, 0.1) is 0 Å². The van der Waals surface area contributed by atoms with Crippen LogP contribution in [0.25, 0.3) is 16.7 Å². The summed E-state index contributed by atoms with van der Waals surface area (Å²) in [5.41, 5.74) is 27.2. The van der Waals surface area contributed by atoms with Gasteiger partial charge in [-0.3, -0.25) is 13.9 Å². The summed E-state index contributed by atoms with van der Waals surface area (Å²) in [7, 11) is -8.96. The number of nitrogen functional groups attached to an aromatic ring is 1. The first kappa shape index (κ1) is 59.7. The van der Waals surface area contributed by atoms with Gasteiger partial charge >= 0.3 is 5.97 Å². The van der Waals surface area contributed by atoms with Crippen LogP contribution < -0.4 is 46.7 Å². The largest absolute Gasteiger partial charge is 0.480 e. The number of carbonyl (C=O) groups is 1. The molecule has 0 spiro atoms. The fourth-order valence-corrected chi connectivity index (χ4v) is 15.1. The van der Waals surface area contributed by atoms with Crippen molar-refractivity contribution < 1.29 is 59.7 Å². The summed E-state index contributed by atoms with van der Waals surface area (Å²) in [6.45, 7) is 5.62. The Hall–Kier alpha value is -6.57. The zero-order valence-electron chi connectivity index (χ0n) is 47.8. The minimum absolute atomic E-state index is 0.0473. The van der Waals surface area contributed by atoms with E-state index in [2.05, 4.69) is 51.6 Å². The second-order valence-electron chi connectivity index (χ2n) is 22.9. The van der Waals surface area contributed by atoms with E-state index in [0.29, 0.717) is 77.1 Å². The van der Waals surface area contributed by atoms with E-state index < -0.39 is 50.2 Å². The first-order chi connectivity index (χ1) is 41.6. The monoisotopic (exact) mass is 1220 g/mol. The number of nitrogens with one attached hydrogen (secondary N) is 1. The molecule has 0 saturated carbocycles. The maximum absolute atomic E-state index is 14.1. The second-order valence-corrected chi connectivity index (χ2v) is 26.1. The number of nitrogens with two attached hydrogens (primary N) is 3. The molecule has 0 radical (unpaired) electrons. The number of ether oxygens (including phenoxy) is 6. The van der Waals surface area contributed by atoms with E-state index in [1.807, 2.05) is 0 Å². The van der Waals surface area contributed by atoms with Gasteiger partial charge in [0.25, 0.3) is 10.1 Å². The summed E-state index contributed by atoms with van der Waals surface area (Å²) in [6.07, 6.45) is 11.8. The molecule has 6 aromatic rings. The van der Waals surface area contributed by atoms with Gasteiger partial charge in [0.1, 0.15) is 53.5 Å². The number of benzene rings is 3. The number of aromatic nitrogens is 7. The number of rotatable bonds is 27. The zero-order valence-corrected chi connectivity index (χ0v) is 49.5. The van der Waals surface area contributed by atoms with Crippen LogP contribution in [0.2, 0.25) is 0 Å². The molecule has 28 heteroatoms. The predicted molar refractivity (Wildman–Crippen MR) is 314 cm³/mol. The molecule has 3 aromatic heterocycles. The lowest BCUT2D eigenvalue weighted by molar-refractivity contribution is -0.138. The van der Waals surface area contributed by atoms with E-state index in [9.17, 15) is 31.3 Å². The topological polar surface area (TPSA) is 352 Å². The molecule has 26 nitrogen and oxygen atoms in total. The number of fused-ring (bicyclic) bond motifs is 5. The lowest BCUT2D eigenvalue weighted by Crippen LogP contribution is -2.45. The third-order valence-corrected chi connectivity index (χ3v) is 19.3. The minimum atomic E-state index is -4.87. The van der Waals surface area contributed by atoms with Gasteiger partial charge in [-0.2, -0.15) is 8.42 Å². The van der Waals surface area contributed by atoms with Crippen LogP contribution in [0.4, 0.5) is 11.5 Å². The first-order valence-corrected chi connectivity index (χ1v) is 32.7. The van der Waals surface area contributed by atoms with Gasteiger partial charge in [0.2, 0.25) is 15.4 Å². The van der Waals surface area contributed by atoms with E-state index in [0.717, 1.165) is 99.8 Å². The van der Waals surface area contributed by atoms with Crippen molar-refractivity contribution in [2.24, 2.45) is 11.5 Å². The molecule has 12 rings (SSSR count). The Balaban J connectivity index is 0.634. The molecule has 6 aliphatic heterocycles. The lowest BCUT2D eigenvalue weighted by Gasteiger charge is -2.39. The average molecular weight is 1230 g/mol. The maximum Gasteiger partial charge on any atom is 0.320 e. The number of carboxylic acid groups (broad SMARTS) is 1. The summed E-state index contributed by atoms with van der Waals surface area (Å²) in [4.78, 5) is 26.2. The zero-order chi connectivity index (χ0) is 59.7. The highest BCUT2D eigenvalue weighted by Gasteiger charge is 2.41. The highest BCUT2D eigenvalue weighted by molar-refractivity contribution is 7.88. The Bertz CT molecular complexity index is 3890. The summed E-state index contributed by atoms with van der Waals surface area (Å²) in [5, 5.41) is 19.4. The molecule has 3 aromatic carbocycles. The number of hydrogen-bond donors (Lipinski definition) is 6. The predicted octanol–water partition coefficient (Wildman–Crippen LogP) is 1.63. The van der Waals surface area contributed by atoms with Crippen molar-refractivity contribution in [2.45, 2.75) is 131 Å². The van der Waals surface area contributed by atoms with Gasteiger partial charge in [-0.15, -0.1) is 5.10 Å². The molecule has 0 bridgehead atoms. The molecule has 5 unspecified atom stereocenters. The number of imidazole rings is 1. The SMILES string of the molecule is Nc1ncnc2c1ncn2C1OC(CC(N)CCC(N)C(=O)O)CC1OCc1cnnn1CCOCCOCCOCCNS(=O)(=O)Cc1cccc(S(=O)(=O)O)c1C1=c2cc3c4c(c2Oc2c1cc1c5c2CCCN5CCC1)CCC[N+]=4CCC3. The Kier molecular flexibility index (Phi) is 17.8. The summed E-state index contributed by atoms with van der Waals surface area (Å²) < 4.78 is 112. The van der Waals surface area contributed by atoms with Gasteiger partial charge in [-0.25, -0.2) is 37.3 Å². The van der Waals surface area contributed by atoms with Gasteiger partial charge in [0.05, 0.1) is 88.4 Å². The molecule has 1 fully saturated rings. The van der Waals surface area contributed by atoms with Crippen molar-refractivity contribution in [3.05, 3.63) is 104 Å². The van der Waals surface area contributed by atoms with Crippen LogP contribution in [-0.2, 0) is 93.2 Å². The Morgan fingerprint density at radius 2 is 1.64 bits per heavy atom. The van der Waals surface area contributed by atoms with Crippen molar-refractivity contribution in [3.63, 3.8) is 0 Å². The number of hydrogen-bond acceptors (Lipinski definition) is 20. The second kappa shape index (κ2) is 25.6. The van der Waals surface area contributed by atoms with Crippen molar-refractivity contribution >= 4 is 54.4 Å². The maximum atomic E-state index is 14.1. The number of carboxylic acids is 1. The van der Waals surface area contributed by atoms with Crippen LogP contribution in [-0.4, -0.2) is 164 Å². The molecular weight excluding hydrogens is 1150 g/mol. The van der Waals surface area contributed by atoms with Crippen molar-refractivity contribution in [2.75, 3.05) is 83.0 Å². The number of aryl methyl sites for hydroxylation is 2. The molecule has 86 heavy (non-hydrogen) atoms. The van der Waals surface area contributed by atoms with Crippen LogP contribution in [0.5, 0.6) is 11.5 Å². The molecule has 0 aliphatic carbocycles. The lowest BCUT2D eigenvalue weighted by atomic mass is 9.82. The van der Waals surface area contributed by atoms with E-state index in [1.165, 1.54) is 29.5 Å². The van der Waals surface area contributed by atoms with Crippen LogP contribution in [0.15, 0.2) is 54.1 Å². The number of anilines is 2. The van der Waals surface area contributed by atoms with E-state index in [4.69, 9.17) is 45.6 Å². The smallest absolute Gasteiger partial charge is 0.320 e. The third-order valence-electron chi connectivity index (χ3n) is 17.1.